The third-order valence-corrected chi connectivity index (χ3v) is 2.69. The molecule has 2 aromatic carbocycles. The summed E-state index contributed by atoms with van der Waals surface area (Å²) in [5.74, 6) is -0.601. The fourth-order valence-corrected chi connectivity index (χ4v) is 1.79. The van der Waals surface area contributed by atoms with E-state index < -0.39 is 0 Å². The summed E-state index contributed by atoms with van der Waals surface area (Å²) in [6, 6.07) is 14.5. The van der Waals surface area contributed by atoms with Crippen LogP contribution < -0.4 is 11.1 Å². The zero-order valence-corrected chi connectivity index (χ0v) is 10.5. The van der Waals surface area contributed by atoms with E-state index in [0.717, 1.165) is 5.69 Å². The fraction of sp³-hybridized carbons (Fsp3) is 0.0667. The molecular weight excluding hydrogens is 240 g/mol. The van der Waals surface area contributed by atoms with Crippen molar-refractivity contribution in [3.63, 3.8) is 0 Å². The zero-order chi connectivity index (χ0) is 13.8. The van der Waals surface area contributed by atoms with E-state index in [2.05, 4.69) is 5.32 Å². The Balaban J connectivity index is 0.000000148. The second kappa shape index (κ2) is 5.35. The number of benzene rings is 2. The van der Waals surface area contributed by atoms with Crippen molar-refractivity contribution in [3.8, 4) is 0 Å². The lowest BCUT2D eigenvalue weighted by Gasteiger charge is -1.91. The number of nitrogens with one attached hydrogen (secondary N) is 1. The largest absolute Gasteiger partial charge is 0.399 e. The molecule has 0 spiro atoms. The van der Waals surface area contributed by atoms with Gasteiger partial charge in [-0.1, -0.05) is 24.3 Å². The molecule has 0 radical (unpaired) electrons. The molecule has 0 saturated carbocycles. The van der Waals surface area contributed by atoms with Gasteiger partial charge in [0.25, 0.3) is 11.8 Å². The molecule has 0 aliphatic carbocycles. The molecule has 3 rings (SSSR count). The minimum absolute atomic E-state index is 0.300. The van der Waals surface area contributed by atoms with Gasteiger partial charge in [-0.05, 0) is 36.8 Å². The first-order chi connectivity index (χ1) is 9.08. The Morgan fingerprint density at radius 1 is 0.895 bits per heavy atom. The van der Waals surface area contributed by atoms with Crippen LogP contribution in [0.5, 0.6) is 0 Å². The molecule has 96 valence electrons. The van der Waals surface area contributed by atoms with Gasteiger partial charge >= 0.3 is 0 Å². The van der Waals surface area contributed by atoms with E-state index in [1.807, 2.05) is 31.2 Å². The quantitative estimate of drug-likeness (QED) is 0.559. The van der Waals surface area contributed by atoms with Crippen molar-refractivity contribution in [2.24, 2.45) is 0 Å². The molecule has 0 saturated heterocycles. The van der Waals surface area contributed by atoms with Crippen molar-refractivity contribution in [2.75, 3.05) is 5.73 Å². The first-order valence-electron chi connectivity index (χ1n) is 5.85. The number of imide groups is 1. The number of anilines is 1. The summed E-state index contributed by atoms with van der Waals surface area (Å²) in [5, 5.41) is 2.20. The average molecular weight is 254 g/mol. The van der Waals surface area contributed by atoms with E-state index in [0.29, 0.717) is 11.1 Å². The highest BCUT2D eigenvalue weighted by Crippen LogP contribution is 2.13. The molecular formula is C15H14N2O2. The van der Waals surface area contributed by atoms with Gasteiger partial charge in [0, 0.05) is 5.69 Å². The molecule has 0 fully saturated rings. The first-order valence-corrected chi connectivity index (χ1v) is 5.85. The van der Waals surface area contributed by atoms with Crippen LogP contribution in [-0.2, 0) is 0 Å². The van der Waals surface area contributed by atoms with E-state index in [4.69, 9.17) is 5.73 Å². The number of fused-ring (bicyclic) bond motifs is 1. The Hall–Kier alpha value is -2.62. The maximum atomic E-state index is 10.9. The smallest absolute Gasteiger partial charge is 0.258 e. The lowest BCUT2D eigenvalue weighted by molar-refractivity contribution is 0.0879. The average Bonchev–Trinajstić information content (AvgIpc) is 2.66. The molecule has 0 aromatic heterocycles. The summed E-state index contributed by atoms with van der Waals surface area (Å²) in [7, 11) is 0. The highest BCUT2D eigenvalue weighted by Gasteiger charge is 2.25. The van der Waals surface area contributed by atoms with Gasteiger partial charge in [0.05, 0.1) is 11.1 Å². The van der Waals surface area contributed by atoms with Crippen LogP contribution >= 0.6 is 0 Å². The van der Waals surface area contributed by atoms with Crippen LogP contribution in [-0.4, -0.2) is 11.8 Å². The molecule has 3 N–H and O–H groups in total. The lowest BCUT2D eigenvalue weighted by atomic mass is 10.1. The minimum atomic E-state index is -0.300. The number of rotatable bonds is 0. The summed E-state index contributed by atoms with van der Waals surface area (Å²) in [4.78, 5) is 21.9. The van der Waals surface area contributed by atoms with Crippen molar-refractivity contribution in [1.82, 2.24) is 5.32 Å². The topological polar surface area (TPSA) is 72.2 Å². The van der Waals surface area contributed by atoms with E-state index >= 15 is 0 Å². The molecule has 4 nitrogen and oxygen atoms in total. The number of nitrogens with two attached hydrogens (primary N) is 1. The second-order valence-electron chi connectivity index (χ2n) is 4.24. The second-order valence-corrected chi connectivity index (χ2v) is 4.24. The van der Waals surface area contributed by atoms with Crippen molar-refractivity contribution in [2.45, 2.75) is 6.92 Å². The summed E-state index contributed by atoms with van der Waals surface area (Å²) >= 11 is 0. The number of hydrogen-bond donors (Lipinski definition) is 2. The number of hydrogen-bond acceptors (Lipinski definition) is 3. The normalized spacial score (nSPS) is 12.3. The Morgan fingerprint density at radius 2 is 1.47 bits per heavy atom. The number of aryl methyl sites for hydroxylation is 1. The molecule has 19 heavy (non-hydrogen) atoms. The summed E-state index contributed by atoms with van der Waals surface area (Å²) in [6.45, 7) is 2.02. The Bertz CT molecular complexity index is 585. The Kier molecular flexibility index (Phi) is 3.61. The molecule has 0 atom stereocenters. The van der Waals surface area contributed by atoms with Crippen LogP contribution in [0.2, 0.25) is 0 Å². The zero-order valence-electron chi connectivity index (χ0n) is 10.5. The fourth-order valence-electron chi connectivity index (χ4n) is 1.79. The number of nitrogen functional groups attached to an aromatic ring is 1. The Morgan fingerprint density at radius 3 is 1.89 bits per heavy atom. The molecule has 2 aromatic rings. The van der Waals surface area contributed by atoms with E-state index in [-0.39, 0.29) is 11.8 Å². The molecule has 0 unspecified atom stereocenters. The van der Waals surface area contributed by atoms with E-state index in [9.17, 15) is 9.59 Å². The van der Waals surface area contributed by atoms with Gasteiger partial charge in [-0.3, -0.25) is 14.9 Å². The van der Waals surface area contributed by atoms with Gasteiger partial charge in [-0.15, -0.1) is 0 Å². The van der Waals surface area contributed by atoms with Crippen LogP contribution in [0.15, 0.2) is 48.5 Å². The van der Waals surface area contributed by atoms with Gasteiger partial charge in [0.15, 0.2) is 0 Å². The molecule has 1 aliphatic heterocycles. The predicted molar refractivity (Wildman–Crippen MR) is 73.8 cm³/mol. The monoisotopic (exact) mass is 254 g/mol. The summed E-state index contributed by atoms with van der Waals surface area (Å²) in [5.41, 5.74) is 8.45. The first kappa shape index (κ1) is 12.8. The van der Waals surface area contributed by atoms with Gasteiger partial charge < -0.3 is 5.73 Å². The molecule has 2 amide bonds. The maximum absolute atomic E-state index is 10.9. The lowest BCUT2D eigenvalue weighted by Crippen LogP contribution is -2.19. The third-order valence-electron chi connectivity index (χ3n) is 2.69. The van der Waals surface area contributed by atoms with Crippen LogP contribution in [0.1, 0.15) is 26.3 Å². The van der Waals surface area contributed by atoms with Gasteiger partial charge in [-0.25, -0.2) is 0 Å². The van der Waals surface area contributed by atoms with Crippen molar-refractivity contribution >= 4 is 17.5 Å². The standard InChI is InChI=1S/C8H5NO2.C7H9N/c10-7-5-3-1-2-4-6(5)8(11)9-7;1-6-3-2-4-7(8)5-6/h1-4H,(H,9,10,11);2-5H,8H2,1H3. The van der Waals surface area contributed by atoms with Gasteiger partial charge in [-0.2, -0.15) is 0 Å². The van der Waals surface area contributed by atoms with Crippen LogP contribution in [0, 0.1) is 6.92 Å². The number of carbonyl (C=O) groups excluding carboxylic acids is 2. The predicted octanol–water partition coefficient (Wildman–Crippen LogP) is 2.15. The SMILES string of the molecule is Cc1cccc(N)c1.O=C1NC(=O)c2ccccc21. The molecule has 0 bridgehead atoms. The summed E-state index contributed by atoms with van der Waals surface area (Å²) in [6.07, 6.45) is 0. The molecule has 4 heteroatoms. The van der Waals surface area contributed by atoms with Crippen LogP contribution in [0.4, 0.5) is 5.69 Å². The number of carbonyl (C=O) groups is 2. The third kappa shape index (κ3) is 2.98. The van der Waals surface area contributed by atoms with Crippen LogP contribution in [0.25, 0.3) is 0 Å². The molecule has 1 heterocycles. The van der Waals surface area contributed by atoms with Crippen molar-refractivity contribution in [1.29, 1.82) is 0 Å². The Labute approximate surface area is 111 Å². The highest BCUT2D eigenvalue weighted by atomic mass is 16.2. The highest BCUT2D eigenvalue weighted by molar-refractivity contribution is 6.21. The number of amides is 2. The van der Waals surface area contributed by atoms with Crippen molar-refractivity contribution < 1.29 is 9.59 Å². The minimum Gasteiger partial charge on any atom is -0.399 e. The van der Waals surface area contributed by atoms with E-state index in [1.165, 1.54) is 5.56 Å². The van der Waals surface area contributed by atoms with Crippen LogP contribution in [0.3, 0.4) is 0 Å². The van der Waals surface area contributed by atoms with Crippen molar-refractivity contribution in [3.05, 3.63) is 65.2 Å². The maximum Gasteiger partial charge on any atom is 0.258 e. The van der Waals surface area contributed by atoms with Gasteiger partial charge in [0.1, 0.15) is 0 Å². The van der Waals surface area contributed by atoms with Gasteiger partial charge in [0.2, 0.25) is 0 Å². The molecule has 1 aliphatic rings. The van der Waals surface area contributed by atoms with E-state index in [1.54, 1.807) is 24.3 Å². The summed E-state index contributed by atoms with van der Waals surface area (Å²) < 4.78 is 0.